The summed E-state index contributed by atoms with van der Waals surface area (Å²) in [5, 5.41) is 4.69. The molecule has 6 heteroatoms. The van der Waals surface area contributed by atoms with Gasteiger partial charge in [0.2, 0.25) is 5.78 Å². The first-order chi connectivity index (χ1) is 9.50. The summed E-state index contributed by atoms with van der Waals surface area (Å²) in [6, 6.07) is 7.04. The van der Waals surface area contributed by atoms with Crippen LogP contribution in [0.4, 0.5) is 0 Å². The first-order valence-corrected chi connectivity index (χ1v) is 7.33. The van der Waals surface area contributed by atoms with Gasteiger partial charge in [0.15, 0.2) is 0 Å². The predicted molar refractivity (Wildman–Crippen MR) is 83.4 cm³/mol. The number of hydrogen-bond donors (Lipinski definition) is 0. The van der Waals surface area contributed by atoms with Crippen LogP contribution < -0.4 is 0 Å². The van der Waals surface area contributed by atoms with Gasteiger partial charge in [-0.1, -0.05) is 23.7 Å². The summed E-state index contributed by atoms with van der Waals surface area (Å²) < 4.78 is 2.39. The lowest BCUT2D eigenvalue weighted by atomic mass is 10.1. The lowest BCUT2D eigenvalue weighted by Gasteiger charge is -2.12. The van der Waals surface area contributed by atoms with Crippen molar-refractivity contribution in [1.29, 1.82) is 0 Å². The zero-order chi connectivity index (χ0) is 14.7. The van der Waals surface area contributed by atoms with Crippen molar-refractivity contribution in [2.75, 3.05) is 20.6 Å². The van der Waals surface area contributed by atoms with Crippen molar-refractivity contribution in [3.05, 3.63) is 51.2 Å². The van der Waals surface area contributed by atoms with Gasteiger partial charge in [-0.05, 0) is 42.2 Å². The molecule has 2 rings (SSSR count). The van der Waals surface area contributed by atoms with Gasteiger partial charge in [0, 0.05) is 12.1 Å². The van der Waals surface area contributed by atoms with Crippen LogP contribution in [-0.4, -0.2) is 41.1 Å². The fourth-order valence-corrected chi connectivity index (χ4v) is 2.52. The summed E-state index contributed by atoms with van der Waals surface area (Å²) in [6.45, 7) is 1.45. The normalized spacial score (nSPS) is 11.1. The Bertz CT molecular complexity index is 625. The molecule has 0 aliphatic carbocycles. The minimum Gasteiger partial charge on any atom is -0.308 e. The molecule has 4 nitrogen and oxygen atoms in total. The van der Waals surface area contributed by atoms with Gasteiger partial charge in [-0.3, -0.25) is 9.48 Å². The molecular formula is C14H15BrClN3O. The van der Waals surface area contributed by atoms with Crippen molar-refractivity contribution < 1.29 is 4.79 Å². The number of nitrogens with zero attached hydrogens (tertiary/aromatic N) is 3. The molecule has 0 saturated carbocycles. The van der Waals surface area contributed by atoms with Crippen molar-refractivity contribution in [2.45, 2.75) is 6.54 Å². The molecule has 1 aromatic heterocycles. The predicted octanol–water partition coefficient (Wildman–Crippen LogP) is 3.09. The van der Waals surface area contributed by atoms with Gasteiger partial charge in [0.1, 0.15) is 5.69 Å². The van der Waals surface area contributed by atoms with Crippen LogP contribution in [0.3, 0.4) is 0 Å². The van der Waals surface area contributed by atoms with E-state index in [1.807, 2.05) is 19.0 Å². The minimum absolute atomic E-state index is 0.126. The molecule has 2 aromatic rings. The molecule has 0 fully saturated rings. The van der Waals surface area contributed by atoms with E-state index in [9.17, 15) is 4.79 Å². The second-order valence-corrected chi connectivity index (χ2v) is 5.94. The Hall–Kier alpha value is -1.17. The first-order valence-electron chi connectivity index (χ1n) is 6.16. The standard InChI is InChI=1S/C14H15BrClN3O/c1-18(2)7-8-19-13(11(15)9-17-19)14(20)10-5-3-4-6-12(10)16/h3-6,9H,7-8H2,1-2H3. The van der Waals surface area contributed by atoms with Gasteiger partial charge >= 0.3 is 0 Å². The topological polar surface area (TPSA) is 38.1 Å². The van der Waals surface area contributed by atoms with Crippen LogP contribution in [0.5, 0.6) is 0 Å². The average Bonchev–Trinajstić information content (AvgIpc) is 2.77. The Morgan fingerprint density at radius 3 is 2.75 bits per heavy atom. The number of likely N-dealkylation sites (N-methyl/N-ethyl adjacent to an activating group) is 1. The maximum Gasteiger partial charge on any atom is 0.213 e. The number of aromatic nitrogens is 2. The van der Waals surface area contributed by atoms with E-state index in [1.54, 1.807) is 35.1 Å². The molecule has 0 aliphatic rings. The third-order valence-corrected chi connectivity index (χ3v) is 3.80. The van der Waals surface area contributed by atoms with Crippen LogP contribution in [0, 0.1) is 0 Å². The molecule has 0 saturated heterocycles. The van der Waals surface area contributed by atoms with Gasteiger partial charge in [-0.15, -0.1) is 0 Å². The summed E-state index contributed by atoms with van der Waals surface area (Å²) in [6.07, 6.45) is 1.64. The summed E-state index contributed by atoms with van der Waals surface area (Å²) in [5.41, 5.74) is 1.02. The summed E-state index contributed by atoms with van der Waals surface area (Å²) >= 11 is 9.48. The Balaban J connectivity index is 2.35. The lowest BCUT2D eigenvalue weighted by molar-refractivity contribution is 0.102. The van der Waals surface area contributed by atoms with E-state index in [4.69, 9.17) is 11.6 Å². The largest absolute Gasteiger partial charge is 0.308 e. The molecule has 0 unspecified atom stereocenters. The smallest absolute Gasteiger partial charge is 0.213 e. The van der Waals surface area contributed by atoms with E-state index < -0.39 is 0 Å². The second kappa shape index (κ2) is 6.52. The summed E-state index contributed by atoms with van der Waals surface area (Å²) in [7, 11) is 3.96. The number of benzene rings is 1. The Labute approximate surface area is 131 Å². The number of carbonyl (C=O) groups is 1. The average molecular weight is 357 g/mol. The number of carbonyl (C=O) groups excluding carboxylic acids is 1. The van der Waals surface area contributed by atoms with E-state index in [-0.39, 0.29) is 5.78 Å². The fourth-order valence-electron chi connectivity index (χ4n) is 1.83. The molecule has 1 aromatic carbocycles. The molecule has 0 radical (unpaired) electrons. The molecule has 0 atom stereocenters. The van der Waals surface area contributed by atoms with Crippen LogP contribution in [0.2, 0.25) is 5.02 Å². The molecule has 0 aliphatic heterocycles. The summed E-state index contributed by atoms with van der Waals surface area (Å²) in [4.78, 5) is 14.7. The van der Waals surface area contributed by atoms with Crippen LogP contribution in [0.15, 0.2) is 34.9 Å². The van der Waals surface area contributed by atoms with Crippen LogP contribution in [0.1, 0.15) is 16.1 Å². The van der Waals surface area contributed by atoms with Gasteiger partial charge < -0.3 is 4.90 Å². The van der Waals surface area contributed by atoms with E-state index in [0.717, 1.165) is 6.54 Å². The Morgan fingerprint density at radius 1 is 1.40 bits per heavy atom. The van der Waals surface area contributed by atoms with Crippen molar-refractivity contribution in [3.63, 3.8) is 0 Å². The monoisotopic (exact) mass is 355 g/mol. The highest BCUT2D eigenvalue weighted by Crippen LogP contribution is 2.24. The van der Waals surface area contributed by atoms with E-state index in [1.165, 1.54) is 0 Å². The lowest BCUT2D eigenvalue weighted by Crippen LogP contribution is -2.21. The number of rotatable bonds is 5. The SMILES string of the molecule is CN(C)CCn1ncc(Br)c1C(=O)c1ccccc1Cl. The second-order valence-electron chi connectivity index (χ2n) is 4.68. The molecule has 20 heavy (non-hydrogen) atoms. The highest BCUT2D eigenvalue weighted by Gasteiger charge is 2.20. The zero-order valence-electron chi connectivity index (χ0n) is 11.3. The molecular weight excluding hydrogens is 342 g/mol. The van der Waals surface area contributed by atoms with Crippen molar-refractivity contribution in [2.24, 2.45) is 0 Å². The third-order valence-electron chi connectivity index (χ3n) is 2.89. The van der Waals surface area contributed by atoms with E-state index in [2.05, 4.69) is 21.0 Å². The van der Waals surface area contributed by atoms with Gasteiger partial charge in [0.25, 0.3) is 0 Å². The van der Waals surface area contributed by atoms with Crippen molar-refractivity contribution in [3.8, 4) is 0 Å². The molecule has 0 amide bonds. The molecule has 0 N–H and O–H groups in total. The van der Waals surface area contributed by atoms with Gasteiger partial charge in [-0.25, -0.2) is 0 Å². The first kappa shape index (κ1) is 15.2. The number of halogens is 2. The highest BCUT2D eigenvalue weighted by molar-refractivity contribution is 9.10. The van der Waals surface area contributed by atoms with E-state index in [0.29, 0.717) is 27.3 Å². The van der Waals surface area contributed by atoms with Crippen molar-refractivity contribution in [1.82, 2.24) is 14.7 Å². The van der Waals surface area contributed by atoms with Crippen LogP contribution in [0.25, 0.3) is 0 Å². The van der Waals surface area contributed by atoms with Crippen LogP contribution >= 0.6 is 27.5 Å². The maximum atomic E-state index is 12.6. The molecule has 106 valence electrons. The minimum atomic E-state index is -0.126. The number of ketones is 1. The maximum absolute atomic E-state index is 12.6. The molecule has 0 spiro atoms. The van der Waals surface area contributed by atoms with Gasteiger partial charge in [0.05, 0.1) is 22.2 Å². The Kier molecular flexibility index (Phi) is 4.96. The van der Waals surface area contributed by atoms with Crippen molar-refractivity contribution >= 4 is 33.3 Å². The number of hydrogen-bond acceptors (Lipinski definition) is 3. The zero-order valence-corrected chi connectivity index (χ0v) is 13.6. The fraction of sp³-hybridized carbons (Fsp3) is 0.286. The molecule has 0 bridgehead atoms. The van der Waals surface area contributed by atoms with Crippen LogP contribution in [-0.2, 0) is 6.54 Å². The van der Waals surface area contributed by atoms with Gasteiger partial charge in [-0.2, -0.15) is 5.10 Å². The van der Waals surface area contributed by atoms with E-state index >= 15 is 0 Å². The third kappa shape index (κ3) is 3.29. The summed E-state index contributed by atoms with van der Waals surface area (Å²) in [5.74, 6) is -0.126. The highest BCUT2D eigenvalue weighted by atomic mass is 79.9. The molecule has 1 heterocycles. The quantitative estimate of drug-likeness (QED) is 0.773. The Morgan fingerprint density at radius 2 is 2.10 bits per heavy atom.